The van der Waals surface area contributed by atoms with Crippen molar-refractivity contribution in [3.8, 4) is 0 Å². The number of fused-ring (bicyclic) bond motifs is 1. The number of rotatable bonds is 3. The Morgan fingerprint density at radius 3 is 3.06 bits per heavy atom. The van der Waals surface area contributed by atoms with E-state index in [4.69, 9.17) is 0 Å². The van der Waals surface area contributed by atoms with Crippen molar-refractivity contribution in [3.63, 3.8) is 0 Å². The van der Waals surface area contributed by atoms with Gasteiger partial charge in [-0.2, -0.15) is 0 Å². The van der Waals surface area contributed by atoms with Crippen molar-refractivity contribution in [1.29, 1.82) is 0 Å². The van der Waals surface area contributed by atoms with Crippen molar-refractivity contribution in [3.05, 3.63) is 59.8 Å². The second kappa shape index (κ2) is 4.69. The molecule has 92 valence electrons. The predicted molar refractivity (Wildman–Crippen MR) is 73.5 cm³/mol. The van der Waals surface area contributed by atoms with E-state index < -0.39 is 0 Å². The molecule has 0 saturated heterocycles. The Balaban J connectivity index is 1.81. The summed E-state index contributed by atoms with van der Waals surface area (Å²) in [6, 6.07) is 8.64. The van der Waals surface area contributed by atoms with Crippen molar-refractivity contribution in [2.75, 3.05) is 11.4 Å². The van der Waals surface area contributed by atoms with Crippen LogP contribution in [-0.2, 0) is 12.8 Å². The molecule has 0 bridgehead atoms. The van der Waals surface area contributed by atoms with Gasteiger partial charge in [0, 0.05) is 36.2 Å². The summed E-state index contributed by atoms with van der Waals surface area (Å²) in [5.74, 6) is 0. The average molecular weight is 239 g/mol. The fraction of sp³-hybridized carbons (Fsp3) is 0.267. The first-order chi connectivity index (χ1) is 8.84. The third-order valence-corrected chi connectivity index (χ3v) is 3.49. The summed E-state index contributed by atoms with van der Waals surface area (Å²) in [7, 11) is 0. The predicted octanol–water partition coefficient (Wildman–Crippen LogP) is 2.92. The van der Waals surface area contributed by atoms with Crippen LogP contribution in [0.5, 0.6) is 0 Å². The Hall–Kier alpha value is -2.03. The number of hydrogen-bond acceptors (Lipinski definition) is 2. The highest BCUT2D eigenvalue weighted by atomic mass is 15.1. The van der Waals surface area contributed by atoms with Crippen LogP contribution in [0.4, 0.5) is 5.69 Å². The lowest BCUT2D eigenvalue weighted by Gasteiger charge is -2.31. The zero-order chi connectivity index (χ0) is 12.4. The minimum atomic E-state index is 0.986. The summed E-state index contributed by atoms with van der Waals surface area (Å²) in [5, 5.41) is 0. The molecule has 0 saturated carbocycles. The van der Waals surface area contributed by atoms with Crippen molar-refractivity contribution < 1.29 is 0 Å². The largest absolute Gasteiger partial charge is 0.348 e. The summed E-state index contributed by atoms with van der Waals surface area (Å²) >= 11 is 0. The van der Waals surface area contributed by atoms with Gasteiger partial charge in [0.2, 0.25) is 0 Å². The molecule has 1 aliphatic rings. The van der Waals surface area contributed by atoms with E-state index >= 15 is 0 Å². The van der Waals surface area contributed by atoms with Crippen LogP contribution in [0.25, 0.3) is 0 Å². The second-order valence-corrected chi connectivity index (χ2v) is 4.66. The van der Waals surface area contributed by atoms with Gasteiger partial charge in [0.1, 0.15) is 0 Å². The molecular weight excluding hydrogens is 222 g/mol. The van der Waals surface area contributed by atoms with Crippen LogP contribution in [0.1, 0.15) is 18.2 Å². The lowest BCUT2D eigenvalue weighted by Crippen LogP contribution is -2.27. The Bertz CT molecular complexity index is 555. The number of nitrogens with zero attached hydrogens (tertiary/aromatic N) is 2. The number of nitrogens with one attached hydrogen (secondary N) is 1. The van der Waals surface area contributed by atoms with Crippen LogP contribution in [0, 0.1) is 0 Å². The maximum absolute atomic E-state index is 4.06. The first-order valence-electron chi connectivity index (χ1n) is 6.34. The normalized spacial score (nSPS) is 14.3. The third kappa shape index (κ3) is 2.04. The van der Waals surface area contributed by atoms with Crippen LogP contribution in [0.15, 0.2) is 48.6 Å². The lowest BCUT2D eigenvalue weighted by molar-refractivity contribution is 0.833. The number of anilines is 1. The van der Waals surface area contributed by atoms with E-state index in [-0.39, 0.29) is 0 Å². The van der Waals surface area contributed by atoms with Gasteiger partial charge in [0.05, 0.1) is 6.33 Å². The maximum Gasteiger partial charge on any atom is 0.0921 e. The highest BCUT2D eigenvalue weighted by Gasteiger charge is 2.16. The van der Waals surface area contributed by atoms with Crippen LogP contribution in [0.3, 0.4) is 0 Å². The van der Waals surface area contributed by atoms with Crippen LogP contribution >= 0.6 is 0 Å². The quantitative estimate of drug-likeness (QED) is 0.893. The standard InChI is InChI=1S/C15H17N3/c1-12-6-7-13-4-2-3-5-15(13)18(12)9-8-14-10-16-11-17-14/h2-6,10-11H,7-9H2,1H3,(H,16,17). The Labute approximate surface area is 107 Å². The molecule has 3 nitrogen and oxygen atoms in total. The molecule has 3 heteroatoms. The van der Waals surface area contributed by atoms with E-state index in [1.165, 1.54) is 22.6 Å². The number of benzene rings is 1. The molecule has 2 aromatic rings. The number of H-pyrrole nitrogens is 1. The molecule has 1 aromatic heterocycles. The smallest absolute Gasteiger partial charge is 0.0921 e. The van der Waals surface area contributed by atoms with Gasteiger partial charge >= 0.3 is 0 Å². The van der Waals surface area contributed by atoms with E-state index in [1.54, 1.807) is 6.33 Å². The molecule has 0 amide bonds. The van der Waals surface area contributed by atoms with E-state index in [0.717, 1.165) is 19.4 Å². The van der Waals surface area contributed by atoms with E-state index in [1.807, 2.05) is 6.20 Å². The van der Waals surface area contributed by atoms with Crippen molar-refractivity contribution in [1.82, 2.24) is 9.97 Å². The Morgan fingerprint density at radius 2 is 2.22 bits per heavy atom. The molecular formula is C15H17N3. The van der Waals surface area contributed by atoms with Crippen LogP contribution in [-0.4, -0.2) is 16.5 Å². The molecule has 2 heterocycles. The SMILES string of the molecule is CC1=CCc2ccccc2N1CCc1cnc[nH]1. The number of para-hydroxylation sites is 1. The fourth-order valence-corrected chi connectivity index (χ4v) is 2.46. The molecule has 18 heavy (non-hydrogen) atoms. The molecule has 0 radical (unpaired) electrons. The topological polar surface area (TPSA) is 31.9 Å². The van der Waals surface area contributed by atoms with Crippen LogP contribution in [0.2, 0.25) is 0 Å². The second-order valence-electron chi connectivity index (χ2n) is 4.66. The van der Waals surface area contributed by atoms with Gasteiger partial charge in [0.15, 0.2) is 0 Å². The van der Waals surface area contributed by atoms with Gasteiger partial charge in [-0.25, -0.2) is 4.98 Å². The first-order valence-corrected chi connectivity index (χ1v) is 6.34. The molecule has 1 aliphatic heterocycles. The van der Waals surface area contributed by atoms with E-state index in [9.17, 15) is 0 Å². The average Bonchev–Trinajstić information content (AvgIpc) is 2.91. The Kier molecular flexibility index (Phi) is 2.89. The monoisotopic (exact) mass is 239 g/mol. The minimum absolute atomic E-state index is 0.986. The number of allylic oxidation sites excluding steroid dienone is 2. The van der Waals surface area contributed by atoms with Gasteiger partial charge in [-0.05, 0) is 25.0 Å². The summed E-state index contributed by atoms with van der Waals surface area (Å²) in [4.78, 5) is 9.61. The molecule has 1 N–H and O–H groups in total. The summed E-state index contributed by atoms with van der Waals surface area (Å²) in [5.41, 5.74) is 5.28. The molecule has 0 aliphatic carbocycles. The van der Waals surface area contributed by atoms with Crippen molar-refractivity contribution in [2.24, 2.45) is 0 Å². The fourth-order valence-electron chi connectivity index (χ4n) is 2.46. The van der Waals surface area contributed by atoms with Crippen LogP contribution < -0.4 is 4.90 Å². The van der Waals surface area contributed by atoms with Gasteiger partial charge in [-0.3, -0.25) is 0 Å². The number of imidazole rings is 1. The van der Waals surface area contributed by atoms with Gasteiger partial charge in [-0.1, -0.05) is 24.3 Å². The van der Waals surface area contributed by atoms with Crippen molar-refractivity contribution >= 4 is 5.69 Å². The van der Waals surface area contributed by atoms with Crippen molar-refractivity contribution in [2.45, 2.75) is 19.8 Å². The van der Waals surface area contributed by atoms with E-state index in [2.05, 4.69) is 52.1 Å². The summed E-state index contributed by atoms with van der Waals surface area (Å²) < 4.78 is 0. The zero-order valence-corrected chi connectivity index (χ0v) is 10.6. The lowest BCUT2D eigenvalue weighted by atomic mass is 10.0. The molecule has 0 spiro atoms. The van der Waals surface area contributed by atoms with E-state index in [0.29, 0.717) is 0 Å². The minimum Gasteiger partial charge on any atom is -0.348 e. The van der Waals surface area contributed by atoms with Gasteiger partial charge < -0.3 is 9.88 Å². The van der Waals surface area contributed by atoms with Gasteiger partial charge in [-0.15, -0.1) is 0 Å². The first kappa shape index (κ1) is 11.1. The Morgan fingerprint density at radius 1 is 1.33 bits per heavy atom. The highest BCUT2D eigenvalue weighted by Crippen LogP contribution is 2.29. The van der Waals surface area contributed by atoms with Gasteiger partial charge in [0.25, 0.3) is 0 Å². The molecule has 0 fully saturated rings. The number of aromatic amines is 1. The summed E-state index contributed by atoms with van der Waals surface area (Å²) in [6.45, 7) is 3.17. The molecule has 3 rings (SSSR count). The number of aromatic nitrogens is 2. The molecule has 1 aromatic carbocycles. The molecule has 0 unspecified atom stereocenters. The molecule has 0 atom stereocenters. The zero-order valence-electron chi connectivity index (χ0n) is 10.6. The maximum atomic E-state index is 4.06. The number of hydrogen-bond donors (Lipinski definition) is 1. The highest BCUT2D eigenvalue weighted by molar-refractivity contribution is 5.61. The summed E-state index contributed by atoms with van der Waals surface area (Å²) in [6.07, 6.45) is 7.97. The third-order valence-electron chi connectivity index (χ3n) is 3.49.